The summed E-state index contributed by atoms with van der Waals surface area (Å²) in [5, 5.41) is 6.17. The Morgan fingerprint density at radius 1 is 1.18 bits per heavy atom. The highest BCUT2D eigenvalue weighted by molar-refractivity contribution is 6.10. The van der Waals surface area contributed by atoms with E-state index < -0.39 is 17.4 Å². The van der Waals surface area contributed by atoms with Crippen LogP contribution in [0.25, 0.3) is 0 Å². The first kappa shape index (κ1) is 13.5. The highest BCUT2D eigenvalue weighted by Crippen LogP contribution is 2.45. The number of piperazine rings is 1. The Hall–Kier alpha value is -2.21. The molecule has 0 saturated carbocycles. The Balaban J connectivity index is 1.80. The zero-order chi connectivity index (χ0) is 15.5. The van der Waals surface area contributed by atoms with Gasteiger partial charge in [-0.3, -0.25) is 24.6 Å². The van der Waals surface area contributed by atoms with Crippen molar-refractivity contribution in [1.82, 2.24) is 15.5 Å². The lowest BCUT2D eigenvalue weighted by Crippen LogP contribution is -2.66. The van der Waals surface area contributed by atoms with Crippen LogP contribution in [0.3, 0.4) is 0 Å². The highest BCUT2D eigenvalue weighted by atomic mass is 16.2. The molecule has 1 aromatic carbocycles. The number of hydrogen-bond donors (Lipinski definition) is 2. The third-order valence-electron chi connectivity index (χ3n) is 5.19. The summed E-state index contributed by atoms with van der Waals surface area (Å²) in [4.78, 5) is 38.7. The molecule has 3 aliphatic rings. The molecule has 3 heterocycles. The van der Waals surface area contributed by atoms with Crippen LogP contribution >= 0.6 is 0 Å². The van der Waals surface area contributed by atoms with Gasteiger partial charge in [-0.25, -0.2) is 0 Å². The third kappa shape index (κ3) is 1.56. The predicted molar refractivity (Wildman–Crippen MR) is 77.6 cm³/mol. The molecule has 0 radical (unpaired) electrons. The van der Waals surface area contributed by atoms with Crippen LogP contribution in [0.1, 0.15) is 5.56 Å². The molecule has 1 aromatic rings. The van der Waals surface area contributed by atoms with E-state index in [4.69, 9.17) is 0 Å². The van der Waals surface area contributed by atoms with Crippen LogP contribution in [-0.2, 0) is 20.8 Å². The Morgan fingerprint density at radius 3 is 2.64 bits per heavy atom. The minimum atomic E-state index is -1.02. The van der Waals surface area contributed by atoms with Gasteiger partial charge in [0.05, 0.1) is 11.8 Å². The zero-order valence-electron chi connectivity index (χ0n) is 12.2. The van der Waals surface area contributed by atoms with Gasteiger partial charge in [0.1, 0.15) is 5.54 Å². The number of fused-ring (bicyclic) bond motifs is 5. The van der Waals surface area contributed by atoms with Crippen LogP contribution < -0.4 is 10.6 Å². The van der Waals surface area contributed by atoms with Gasteiger partial charge in [-0.2, -0.15) is 0 Å². The number of hydrogen-bond acceptors (Lipinski definition) is 4. The van der Waals surface area contributed by atoms with Crippen LogP contribution in [0, 0.1) is 11.8 Å². The van der Waals surface area contributed by atoms with E-state index in [0.717, 1.165) is 5.56 Å². The average molecular weight is 299 g/mol. The van der Waals surface area contributed by atoms with Gasteiger partial charge in [-0.05, 0) is 5.56 Å². The van der Waals surface area contributed by atoms with Crippen LogP contribution in [0.5, 0.6) is 0 Å². The van der Waals surface area contributed by atoms with Gasteiger partial charge >= 0.3 is 0 Å². The van der Waals surface area contributed by atoms with Gasteiger partial charge in [0.15, 0.2) is 0 Å². The molecule has 0 spiro atoms. The van der Waals surface area contributed by atoms with E-state index in [1.54, 1.807) is 0 Å². The normalized spacial score (nSPS) is 36.5. The molecule has 4 rings (SSSR count). The maximum Gasteiger partial charge on any atom is 0.241 e. The van der Waals surface area contributed by atoms with Crippen molar-refractivity contribution in [3.05, 3.63) is 35.9 Å². The average Bonchev–Trinajstić information content (AvgIpc) is 2.92. The number of amides is 3. The van der Waals surface area contributed by atoms with Gasteiger partial charge in [0.2, 0.25) is 17.7 Å². The van der Waals surface area contributed by atoms with E-state index in [2.05, 4.69) is 10.6 Å². The number of nitrogens with one attached hydrogen (secondary N) is 2. The van der Waals surface area contributed by atoms with Gasteiger partial charge in [-0.1, -0.05) is 30.3 Å². The first-order chi connectivity index (χ1) is 10.5. The minimum absolute atomic E-state index is 0.173. The minimum Gasteiger partial charge on any atom is -0.353 e. The Morgan fingerprint density at radius 2 is 1.91 bits per heavy atom. The Labute approximate surface area is 127 Å². The quantitative estimate of drug-likeness (QED) is 0.708. The largest absolute Gasteiger partial charge is 0.353 e. The zero-order valence-corrected chi connectivity index (χ0v) is 12.2. The summed E-state index contributed by atoms with van der Waals surface area (Å²) in [6, 6.07) is 9.42. The lowest BCUT2D eigenvalue weighted by Gasteiger charge is -2.36. The van der Waals surface area contributed by atoms with Crippen molar-refractivity contribution in [3.8, 4) is 0 Å². The number of nitrogens with zero attached hydrogens (tertiary/aromatic N) is 1. The van der Waals surface area contributed by atoms with Crippen molar-refractivity contribution in [2.45, 2.75) is 18.0 Å². The van der Waals surface area contributed by atoms with Crippen molar-refractivity contribution < 1.29 is 14.4 Å². The molecule has 3 amide bonds. The van der Waals surface area contributed by atoms with E-state index in [1.807, 2.05) is 30.3 Å². The summed E-state index contributed by atoms with van der Waals surface area (Å²) in [6.07, 6.45) is 0.407. The number of imide groups is 1. The second-order valence-electron chi connectivity index (χ2n) is 6.33. The number of carbonyl (C=O) groups excluding carboxylic acids is 3. The Kier molecular flexibility index (Phi) is 2.69. The summed E-state index contributed by atoms with van der Waals surface area (Å²) in [5.74, 6) is -1.67. The Bertz CT molecular complexity index is 674. The monoisotopic (exact) mass is 299 g/mol. The van der Waals surface area contributed by atoms with E-state index >= 15 is 0 Å². The second kappa shape index (κ2) is 4.39. The lowest BCUT2D eigenvalue weighted by atomic mass is 9.76. The number of carbonyl (C=O) groups is 3. The first-order valence-electron chi connectivity index (χ1n) is 7.46. The third-order valence-corrected chi connectivity index (χ3v) is 5.19. The maximum absolute atomic E-state index is 12.6. The van der Waals surface area contributed by atoms with Gasteiger partial charge in [-0.15, -0.1) is 0 Å². The summed E-state index contributed by atoms with van der Waals surface area (Å²) in [7, 11) is 1.51. The van der Waals surface area contributed by atoms with E-state index in [0.29, 0.717) is 13.0 Å². The number of likely N-dealkylation sites (tertiary alicyclic amines) is 1. The van der Waals surface area contributed by atoms with Crippen LogP contribution in [0.4, 0.5) is 0 Å². The molecular formula is C16H17N3O3. The van der Waals surface area contributed by atoms with Crippen LogP contribution in [-0.4, -0.2) is 47.8 Å². The molecule has 4 atom stereocenters. The topological polar surface area (TPSA) is 78.5 Å². The molecule has 6 nitrogen and oxygen atoms in total. The molecule has 2 N–H and O–H groups in total. The van der Waals surface area contributed by atoms with Crippen molar-refractivity contribution in [2.24, 2.45) is 11.8 Å². The van der Waals surface area contributed by atoms with Crippen molar-refractivity contribution >= 4 is 17.7 Å². The predicted octanol–water partition coefficient (Wildman–Crippen LogP) is -0.699. The molecule has 3 saturated heterocycles. The SMILES string of the molecule is CN1C(=O)[C@@H]2[C@@H]3CNC(=O)[C@@](Cc4ccccc4)(N3)[C@@H]2C1=O. The maximum atomic E-state index is 12.6. The molecule has 0 aliphatic carbocycles. The summed E-state index contributed by atoms with van der Waals surface area (Å²) in [5.41, 5.74) is -0.0480. The van der Waals surface area contributed by atoms with Crippen molar-refractivity contribution in [3.63, 3.8) is 0 Å². The molecule has 22 heavy (non-hydrogen) atoms. The van der Waals surface area contributed by atoms with E-state index in [-0.39, 0.29) is 23.8 Å². The molecule has 0 unspecified atom stereocenters. The molecular weight excluding hydrogens is 282 g/mol. The highest BCUT2D eigenvalue weighted by Gasteiger charge is 2.68. The second-order valence-corrected chi connectivity index (χ2v) is 6.33. The first-order valence-corrected chi connectivity index (χ1v) is 7.46. The van der Waals surface area contributed by atoms with Gasteiger partial charge in [0, 0.05) is 26.1 Å². The smallest absolute Gasteiger partial charge is 0.241 e. The van der Waals surface area contributed by atoms with Gasteiger partial charge < -0.3 is 5.32 Å². The number of benzene rings is 1. The fraction of sp³-hybridized carbons (Fsp3) is 0.438. The van der Waals surface area contributed by atoms with Crippen LogP contribution in [0.2, 0.25) is 0 Å². The number of rotatable bonds is 2. The lowest BCUT2D eigenvalue weighted by molar-refractivity contribution is -0.143. The van der Waals surface area contributed by atoms with Crippen molar-refractivity contribution in [2.75, 3.05) is 13.6 Å². The summed E-state index contributed by atoms with van der Waals surface area (Å²) >= 11 is 0. The fourth-order valence-electron chi connectivity index (χ4n) is 4.17. The molecule has 6 heteroatoms. The van der Waals surface area contributed by atoms with E-state index in [9.17, 15) is 14.4 Å². The van der Waals surface area contributed by atoms with Crippen LogP contribution in [0.15, 0.2) is 30.3 Å². The summed E-state index contributed by atoms with van der Waals surface area (Å²) < 4.78 is 0. The molecule has 2 bridgehead atoms. The van der Waals surface area contributed by atoms with E-state index in [1.165, 1.54) is 11.9 Å². The van der Waals surface area contributed by atoms with Gasteiger partial charge in [0.25, 0.3) is 0 Å². The molecule has 3 fully saturated rings. The molecule has 0 aromatic heterocycles. The fourth-order valence-corrected chi connectivity index (χ4v) is 4.17. The molecule has 114 valence electrons. The molecule has 3 aliphatic heterocycles. The summed E-state index contributed by atoms with van der Waals surface area (Å²) in [6.45, 7) is 0.392. The standard InChI is InChI=1S/C16H17N3O3/c1-19-13(20)11-10-8-17-15(22)16(18-10,12(11)14(19)21)7-9-5-3-2-4-6-9/h2-6,10-12,18H,7-8H2,1H3,(H,17,22)/t10-,11+,12-,16-/m0/s1. The van der Waals surface area contributed by atoms with Crippen molar-refractivity contribution in [1.29, 1.82) is 0 Å².